The molecule has 0 radical (unpaired) electrons. The maximum Gasteiger partial charge on any atom is 0.252 e. The van der Waals surface area contributed by atoms with Crippen LogP contribution >= 0.6 is 0 Å². The Bertz CT molecular complexity index is 1120. The van der Waals surface area contributed by atoms with Crippen LogP contribution in [-0.4, -0.2) is 42.1 Å². The van der Waals surface area contributed by atoms with Crippen molar-refractivity contribution in [2.24, 2.45) is 5.73 Å². The van der Waals surface area contributed by atoms with Gasteiger partial charge in [-0.3, -0.25) is 9.69 Å². The highest BCUT2D eigenvalue weighted by molar-refractivity contribution is 5.99. The normalized spacial score (nSPS) is 17.3. The van der Waals surface area contributed by atoms with Gasteiger partial charge in [-0.25, -0.2) is 4.98 Å². The molecule has 33 heavy (non-hydrogen) atoms. The lowest BCUT2D eigenvalue weighted by molar-refractivity contribution is 0.0342. The van der Waals surface area contributed by atoms with Gasteiger partial charge in [0.1, 0.15) is 5.82 Å². The van der Waals surface area contributed by atoms with Gasteiger partial charge in [0.2, 0.25) is 0 Å². The molecule has 3 aromatic rings. The second-order valence-corrected chi connectivity index (χ2v) is 8.77. The number of primary amides is 1. The standard InChI is InChI=1S/C26H29N5O2/c27-25(32)22-17-28-24(16-23(22)30-26(9-10-26)20-6-2-1-3-7-20)29-21-8-4-5-19(15-21)18-31-11-13-33-14-12-31/h1-8,15-17H,9-14,18H2,(H2,27,32)(H2,28,29,30). The third kappa shape index (κ3) is 4.99. The zero-order valence-corrected chi connectivity index (χ0v) is 18.6. The number of amides is 1. The Morgan fingerprint density at radius 2 is 1.85 bits per heavy atom. The summed E-state index contributed by atoms with van der Waals surface area (Å²) >= 11 is 0. The van der Waals surface area contributed by atoms with Gasteiger partial charge < -0.3 is 21.1 Å². The highest BCUT2D eigenvalue weighted by atomic mass is 16.5. The van der Waals surface area contributed by atoms with E-state index in [0.717, 1.165) is 51.4 Å². The minimum Gasteiger partial charge on any atom is -0.379 e. The first kappa shape index (κ1) is 21.4. The fourth-order valence-electron chi connectivity index (χ4n) is 4.36. The van der Waals surface area contributed by atoms with Crippen molar-refractivity contribution in [1.82, 2.24) is 9.88 Å². The van der Waals surface area contributed by atoms with Crippen molar-refractivity contribution in [2.45, 2.75) is 24.9 Å². The van der Waals surface area contributed by atoms with E-state index in [1.807, 2.05) is 36.4 Å². The fourth-order valence-corrected chi connectivity index (χ4v) is 4.36. The van der Waals surface area contributed by atoms with Crippen LogP contribution in [0.2, 0.25) is 0 Å². The third-order valence-corrected chi connectivity index (χ3v) is 6.33. The highest BCUT2D eigenvalue weighted by Gasteiger charge is 2.44. The predicted molar refractivity (Wildman–Crippen MR) is 130 cm³/mol. The molecule has 0 atom stereocenters. The molecule has 7 nitrogen and oxygen atoms in total. The van der Waals surface area contributed by atoms with Crippen molar-refractivity contribution in [1.29, 1.82) is 0 Å². The van der Waals surface area contributed by atoms with E-state index in [1.165, 1.54) is 11.1 Å². The Kier molecular flexibility index (Phi) is 5.98. The molecule has 1 amide bonds. The van der Waals surface area contributed by atoms with Crippen molar-refractivity contribution in [3.05, 3.63) is 83.6 Å². The number of carbonyl (C=O) groups is 1. The average molecular weight is 444 g/mol. The first-order chi connectivity index (χ1) is 16.1. The van der Waals surface area contributed by atoms with E-state index in [2.05, 4.69) is 44.8 Å². The fraction of sp³-hybridized carbons (Fsp3) is 0.308. The summed E-state index contributed by atoms with van der Waals surface area (Å²) in [4.78, 5) is 18.9. The highest BCUT2D eigenvalue weighted by Crippen LogP contribution is 2.48. The second kappa shape index (κ2) is 9.21. The molecule has 0 spiro atoms. The minimum absolute atomic E-state index is 0.165. The van der Waals surface area contributed by atoms with Crippen LogP contribution in [0.1, 0.15) is 34.3 Å². The molecule has 0 bridgehead atoms. The minimum atomic E-state index is -0.493. The number of ether oxygens (including phenoxy) is 1. The van der Waals surface area contributed by atoms with E-state index in [1.54, 1.807) is 6.20 Å². The molecular formula is C26H29N5O2. The van der Waals surface area contributed by atoms with Crippen LogP contribution in [0.25, 0.3) is 0 Å². The van der Waals surface area contributed by atoms with Gasteiger partial charge in [0.15, 0.2) is 0 Å². The molecular weight excluding hydrogens is 414 g/mol. The van der Waals surface area contributed by atoms with Crippen LogP contribution in [0.3, 0.4) is 0 Å². The number of nitrogens with one attached hydrogen (secondary N) is 2. The van der Waals surface area contributed by atoms with E-state index in [0.29, 0.717) is 17.1 Å². The van der Waals surface area contributed by atoms with Crippen LogP contribution in [0.4, 0.5) is 17.2 Å². The van der Waals surface area contributed by atoms with Crippen molar-refractivity contribution in [2.75, 3.05) is 36.9 Å². The van der Waals surface area contributed by atoms with Crippen LogP contribution in [0, 0.1) is 0 Å². The van der Waals surface area contributed by atoms with E-state index >= 15 is 0 Å². The lowest BCUT2D eigenvalue weighted by Crippen LogP contribution is -2.35. The van der Waals surface area contributed by atoms with Crippen LogP contribution in [-0.2, 0) is 16.8 Å². The summed E-state index contributed by atoms with van der Waals surface area (Å²) in [6, 6.07) is 20.5. The van der Waals surface area contributed by atoms with Crippen molar-refractivity contribution in [3.63, 3.8) is 0 Å². The molecule has 1 aliphatic heterocycles. The van der Waals surface area contributed by atoms with Crippen molar-refractivity contribution >= 4 is 23.1 Å². The van der Waals surface area contributed by atoms with Gasteiger partial charge in [0, 0.05) is 37.6 Å². The van der Waals surface area contributed by atoms with Gasteiger partial charge in [-0.15, -0.1) is 0 Å². The Morgan fingerprint density at radius 3 is 2.58 bits per heavy atom. The maximum atomic E-state index is 12.1. The summed E-state index contributed by atoms with van der Waals surface area (Å²) in [5, 5.41) is 6.98. The summed E-state index contributed by atoms with van der Waals surface area (Å²) < 4.78 is 5.44. The molecule has 5 rings (SSSR count). The average Bonchev–Trinajstić information content (AvgIpc) is 3.61. The molecule has 2 aliphatic rings. The molecule has 4 N–H and O–H groups in total. The van der Waals surface area contributed by atoms with Gasteiger partial charge in [-0.05, 0) is 36.1 Å². The molecule has 1 aromatic heterocycles. The van der Waals surface area contributed by atoms with E-state index in [4.69, 9.17) is 10.5 Å². The topological polar surface area (TPSA) is 92.5 Å². The number of hydrogen-bond acceptors (Lipinski definition) is 6. The summed E-state index contributed by atoms with van der Waals surface area (Å²) in [5.74, 6) is 0.169. The molecule has 7 heteroatoms. The predicted octanol–water partition coefficient (Wildman–Crippen LogP) is 3.86. The van der Waals surface area contributed by atoms with Gasteiger partial charge in [-0.1, -0.05) is 42.5 Å². The second-order valence-electron chi connectivity index (χ2n) is 8.77. The van der Waals surface area contributed by atoms with Gasteiger partial charge in [0.05, 0.1) is 30.0 Å². The number of carbonyl (C=O) groups excluding carboxylic acids is 1. The number of rotatable bonds is 8. The van der Waals surface area contributed by atoms with Gasteiger partial charge in [0.25, 0.3) is 5.91 Å². The number of pyridine rings is 1. The number of hydrogen-bond donors (Lipinski definition) is 3. The lowest BCUT2D eigenvalue weighted by Gasteiger charge is -2.26. The molecule has 2 heterocycles. The molecule has 170 valence electrons. The Hall–Kier alpha value is -3.42. The first-order valence-electron chi connectivity index (χ1n) is 11.4. The number of anilines is 3. The maximum absolute atomic E-state index is 12.1. The monoisotopic (exact) mass is 443 g/mol. The Labute approximate surface area is 194 Å². The molecule has 2 aromatic carbocycles. The Morgan fingerprint density at radius 1 is 1.06 bits per heavy atom. The van der Waals surface area contributed by atoms with Gasteiger partial charge >= 0.3 is 0 Å². The lowest BCUT2D eigenvalue weighted by atomic mass is 10.0. The largest absolute Gasteiger partial charge is 0.379 e. The quantitative estimate of drug-likeness (QED) is 0.490. The van der Waals surface area contributed by atoms with Crippen LogP contribution < -0.4 is 16.4 Å². The van der Waals surface area contributed by atoms with Crippen molar-refractivity contribution in [3.8, 4) is 0 Å². The van der Waals surface area contributed by atoms with Crippen LogP contribution in [0.5, 0.6) is 0 Å². The number of morpholine rings is 1. The molecule has 0 unspecified atom stereocenters. The van der Waals surface area contributed by atoms with Gasteiger partial charge in [-0.2, -0.15) is 0 Å². The Balaban J connectivity index is 1.35. The van der Waals surface area contributed by atoms with E-state index < -0.39 is 5.91 Å². The zero-order valence-electron chi connectivity index (χ0n) is 18.6. The smallest absolute Gasteiger partial charge is 0.252 e. The number of nitrogens with zero attached hydrogens (tertiary/aromatic N) is 2. The first-order valence-corrected chi connectivity index (χ1v) is 11.4. The molecule has 1 aliphatic carbocycles. The number of aromatic nitrogens is 1. The van der Waals surface area contributed by atoms with Crippen molar-refractivity contribution < 1.29 is 9.53 Å². The van der Waals surface area contributed by atoms with E-state index in [-0.39, 0.29) is 5.54 Å². The number of benzene rings is 2. The van der Waals surface area contributed by atoms with Crippen LogP contribution in [0.15, 0.2) is 66.9 Å². The summed E-state index contributed by atoms with van der Waals surface area (Å²) in [6.07, 6.45) is 3.55. The summed E-state index contributed by atoms with van der Waals surface area (Å²) in [7, 11) is 0. The van der Waals surface area contributed by atoms with E-state index in [9.17, 15) is 4.79 Å². The molecule has 2 fully saturated rings. The summed E-state index contributed by atoms with van der Waals surface area (Å²) in [5.41, 5.74) is 9.97. The zero-order chi connectivity index (χ0) is 22.7. The molecule has 1 saturated heterocycles. The molecule has 1 saturated carbocycles. The number of nitrogens with two attached hydrogens (primary N) is 1. The SMILES string of the molecule is NC(=O)c1cnc(Nc2cccc(CN3CCOCC3)c2)cc1NC1(c2ccccc2)CC1. The summed E-state index contributed by atoms with van der Waals surface area (Å²) in [6.45, 7) is 4.36. The third-order valence-electron chi connectivity index (χ3n) is 6.33.